The zero-order valence-electron chi connectivity index (χ0n) is 13.3. The highest BCUT2D eigenvalue weighted by molar-refractivity contribution is 5.93. The number of nitrogens with zero attached hydrogens (tertiary/aromatic N) is 4. The average molecular weight is 316 g/mol. The van der Waals surface area contributed by atoms with Gasteiger partial charge in [0, 0.05) is 43.7 Å². The number of likely N-dealkylation sites (N-methyl/N-ethyl adjacent to an activating group) is 1. The Morgan fingerprint density at radius 2 is 2.17 bits per heavy atom. The highest BCUT2D eigenvalue weighted by Gasteiger charge is 2.27. The van der Waals surface area contributed by atoms with Gasteiger partial charge in [-0.3, -0.25) is 9.78 Å². The lowest BCUT2D eigenvalue weighted by atomic mass is 10.2. The van der Waals surface area contributed by atoms with Crippen LogP contribution < -0.4 is 0 Å². The van der Waals surface area contributed by atoms with Crippen molar-refractivity contribution < 1.29 is 14.1 Å². The van der Waals surface area contributed by atoms with Crippen molar-refractivity contribution >= 4 is 5.91 Å². The summed E-state index contributed by atoms with van der Waals surface area (Å²) in [6.07, 6.45) is 3.37. The molecule has 23 heavy (non-hydrogen) atoms. The Morgan fingerprint density at radius 1 is 1.39 bits per heavy atom. The summed E-state index contributed by atoms with van der Waals surface area (Å²) < 4.78 is 11.0. The van der Waals surface area contributed by atoms with E-state index in [-0.39, 0.29) is 12.0 Å². The second kappa shape index (κ2) is 6.89. The fourth-order valence-electron chi connectivity index (χ4n) is 2.61. The summed E-state index contributed by atoms with van der Waals surface area (Å²) in [7, 11) is 3.98. The minimum absolute atomic E-state index is 0.0225. The third-order valence-corrected chi connectivity index (χ3v) is 3.69. The molecule has 7 nitrogen and oxygen atoms in total. The highest BCUT2D eigenvalue weighted by Crippen LogP contribution is 2.20. The van der Waals surface area contributed by atoms with Gasteiger partial charge in [-0.25, -0.2) is 0 Å². The maximum Gasteiger partial charge on any atom is 0.276 e. The molecule has 2 aromatic rings. The molecule has 0 spiro atoms. The molecule has 2 aromatic heterocycles. The Bertz CT molecular complexity index is 656. The van der Waals surface area contributed by atoms with E-state index in [4.69, 9.17) is 9.26 Å². The van der Waals surface area contributed by atoms with E-state index in [0.29, 0.717) is 31.2 Å². The van der Waals surface area contributed by atoms with Crippen molar-refractivity contribution in [3.8, 4) is 11.3 Å². The Hall–Kier alpha value is -2.25. The molecule has 1 saturated heterocycles. The van der Waals surface area contributed by atoms with Crippen LogP contribution in [0.2, 0.25) is 0 Å². The van der Waals surface area contributed by atoms with E-state index in [2.05, 4.69) is 15.0 Å². The third kappa shape index (κ3) is 3.75. The van der Waals surface area contributed by atoms with Gasteiger partial charge in [-0.15, -0.1) is 0 Å². The summed E-state index contributed by atoms with van der Waals surface area (Å²) in [5.41, 5.74) is 1.17. The van der Waals surface area contributed by atoms with Crippen molar-refractivity contribution in [3.05, 3.63) is 36.3 Å². The molecule has 1 amide bonds. The number of rotatable bonds is 4. The second-order valence-electron chi connectivity index (χ2n) is 5.82. The zero-order chi connectivity index (χ0) is 16.2. The molecule has 0 radical (unpaired) electrons. The topological polar surface area (TPSA) is 71.7 Å². The number of hydrogen-bond donors (Lipinski definition) is 0. The Kier molecular flexibility index (Phi) is 4.68. The van der Waals surface area contributed by atoms with Crippen molar-refractivity contribution in [2.24, 2.45) is 0 Å². The molecule has 0 aliphatic carbocycles. The normalized spacial score (nSPS) is 18.4. The monoisotopic (exact) mass is 316 g/mol. The quantitative estimate of drug-likeness (QED) is 0.842. The van der Waals surface area contributed by atoms with Crippen LogP contribution in [0.25, 0.3) is 11.3 Å². The van der Waals surface area contributed by atoms with Crippen LogP contribution >= 0.6 is 0 Å². The molecule has 7 heteroatoms. The summed E-state index contributed by atoms with van der Waals surface area (Å²) in [6, 6.07) is 5.31. The van der Waals surface area contributed by atoms with E-state index < -0.39 is 0 Å². The van der Waals surface area contributed by atoms with Gasteiger partial charge in [0.15, 0.2) is 11.5 Å². The van der Waals surface area contributed by atoms with Crippen LogP contribution in [0.1, 0.15) is 10.5 Å². The molecular weight excluding hydrogens is 296 g/mol. The number of carbonyl (C=O) groups excluding carboxylic acids is 1. The van der Waals surface area contributed by atoms with Gasteiger partial charge in [-0.2, -0.15) is 0 Å². The Labute approximate surface area is 134 Å². The van der Waals surface area contributed by atoms with Crippen LogP contribution in [0.4, 0.5) is 0 Å². The number of carbonyl (C=O) groups is 1. The molecule has 3 heterocycles. The molecular formula is C16H20N4O3. The van der Waals surface area contributed by atoms with E-state index in [9.17, 15) is 4.79 Å². The van der Waals surface area contributed by atoms with E-state index >= 15 is 0 Å². The number of pyridine rings is 1. The van der Waals surface area contributed by atoms with E-state index in [1.165, 1.54) is 0 Å². The van der Waals surface area contributed by atoms with Gasteiger partial charge in [-0.1, -0.05) is 5.16 Å². The molecule has 0 N–H and O–H groups in total. The molecule has 0 saturated carbocycles. The van der Waals surface area contributed by atoms with Gasteiger partial charge < -0.3 is 19.1 Å². The molecule has 1 aliphatic rings. The van der Waals surface area contributed by atoms with Crippen molar-refractivity contribution in [1.82, 2.24) is 19.9 Å². The smallest absolute Gasteiger partial charge is 0.276 e. The summed E-state index contributed by atoms with van der Waals surface area (Å²) >= 11 is 0. The lowest BCUT2D eigenvalue weighted by Crippen LogP contribution is -2.48. The lowest BCUT2D eigenvalue weighted by molar-refractivity contribution is -0.0308. The van der Waals surface area contributed by atoms with Gasteiger partial charge in [0.2, 0.25) is 0 Å². The summed E-state index contributed by atoms with van der Waals surface area (Å²) in [5.74, 6) is 0.440. The standard InChI is InChI=1S/C16H20N4O3/c1-19(2)10-13-11-20(7-8-22-13)16(21)14-9-15(23-18-14)12-3-5-17-6-4-12/h3-6,9,13H,7-8,10-11H2,1-2H3. The summed E-state index contributed by atoms with van der Waals surface area (Å²) in [6.45, 7) is 2.46. The van der Waals surface area contributed by atoms with E-state index in [0.717, 1.165) is 12.1 Å². The molecule has 1 atom stereocenters. The van der Waals surface area contributed by atoms with Crippen LogP contribution in [-0.4, -0.2) is 72.3 Å². The maximum absolute atomic E-state index is 12.6. The van der Waals surface area contributed by atoms with E-state index in [1.807, 2.05) is 26.2 Å². The number of hydrogen-bond acceptors (Lipinski definition) is 6. The molecule has 0 aromatic carbocycles. The molecule has 1 unspecified atom stereocenters. The molecule has 3 rings (SSSR count). The number of ether oxygens (including phenoxy) is 1. The highest BCUT2D eigenvalue weighted by atomic mass is 16.5. The fraction of sp³-hybridized carbons (Fsp3) is 0.438. The van der Waals surface area contributed by atoms with Crippen molar-refractivity contribution in [2.45, 2.75) is 6.10 Å². The van der Waals surface area contributed by atoms with Crippen LogP contribution in [0, 0.1) is 0 Å². The van der Waals surface area contributed by atoms with Crippen LogP contribution in [-0.2, 0) is 4.74 Å². The molecule has 1 aliphatic heterocycles. The summed E-state index contributed by atoms with van der Waals surface area (Å²) in [4.78, 5) is 20.4. The van der Waals surface area contributed by atoms with Crippen LogP contribution in [0.5, 0.6) is 0 Å². The van der Waals surface area contributed by atoms with Crippen LogP contribution in [0.3, 0.4) is 0 Å². The number of aromatic nitrogens is 2. The lowest BCUT2D eigenvalue weighted by Gasteiger charge is -2.33. The third-order valence-electron chi connectivity index (χ3n) is 3.69. The first-order chi connectivity index (χ1) is 11.1. The van der Waals surface area contributed by atoms with Crippen molar-refractivity contribution in [2.75, 3.05) is 40.3 Å². The molecule has 122 valence electrons. The number of amides is 1. The molecule has 0 bridgehead atoms. The zero-order valence-corrected chi connectivity index (χ0v) is 13.3. The first-order valence-electron chi connectivity index (χ1n) is 7.56. The number of morpholine rings is 1. The predicted molar refractivity (Wildman–Crippen MR) is 83.9 cm³/mol. The average Bonchev–Trinajstić information content (AvgIpc) is 3.04. The van der Waals surface area contributed by atoms with Gasteiger partial charge in [0.1, 0.15) is 0 Å². The molecule has 1 fully saturated rings. The minimum atomic E-state index is -0.124. The Balaban J connectivity index is 1.69. The largest absolute Gasteiger partial charge is 0.373 e. The fourth-order valence-corrected chi connectivity index (χ4v) is 2.61. The van der Waals surface area contributed by atoms with Crippen molar-refractivity contribution in [3.63, 3.8) is 0 Å². The maximum atomic E-state index is 12.6. The van der Waals surface area contributed by atoms with E-state index in [1.54, 1.807) is 23.4 Å². The predicted octanol–water partition coefficient (Wildman–Crippen LogP) is 1.14. The van der Waals surface area contributed by atoms with Crippen molar-refractivity contribution in [1.29, 1.82) is 0 Å². The second-order valence-corrected chi connectivity index (χ2v) is 5.82. The first kappa shape index (κ1) is 15.6. The SMILES string of the molecule is CN(C)CC1CN(C(=O)c2cc(-c3ccncc3)on2)CCO1. The Morgan fingerprint density at radius 3 is 2.91 bits per heavy atom. The minimum Gasteiger partial charge on any atom is -0.373 e. The van der Waals surface area contributed by atoms with Gasteiger partial charge in [0.25, 0.3) is 5.91 Å². The first-order valence-corrected chi connectivity index (χ1v) is 7.56. The summed E-state index contributed by atoms with van der Waals surface area (Å²) in [5, 5.41) is 3.92. The van der Waals surface area contributed by atoms with Gasteiger partial charge in [-0.05, 0) is 26.2 Å². The van der Waals surface area contributed by atoms with Gasteiger partial charge >= 0.3 is 0 Å². The van der Waals surface area contributed by atoms with Crippen LogP contribution in [0.15, 0.2) is 35.1 Å². The van der Waals surface area contributed by atoms with Gasteiger partial charge in [0.05, 0.1) is 12.7 Å².